The van der Waals surface area contributed by atoms with Gasteiger partial charge in [0.25, 0.3) is 0 Å². The van der Waals surface area contributed by atoms with Gasteiger partial charge in [-0.1, -0.05) is 6.07 Å². The highest BCUT2D eigenvalue weighted by Gasteiger charge is 2.30. The summed E-state index contributed by atoms with van der Waals surface area (Å²) in [6, 6.07) is 4.00. The van der Waals surface area contributed by atoms with E-state index in [1.165, 1.54) is 11.3 Å². The molecule has 0 atom stereocenters. The van der Waals surface area contributed by atoms with Gasteiger partial charge in [-0.15, -0.1) is 22.7 Å². The number of nitrogen functional groups attached to an aromatic ring is 1. The third-order valence-electron chi connectivity index (χ3n) is 3.85. The van der Waals surface area contributed by atoms with Gasteiger partial charge in [-0.3, -0.25) is 4.79 Å². The molecule has 3 N–H and O–H groups in total. The first-order valence-corrected chi connectivity index (χ1v) is 9.59. The molecule has 0 saturated carbocycles. The van der Waals surface area contributed by atoms with Gasteiger partial charge >= 0.3 is 0 Å². The van der Waals surface area contributed by atoms with Gasteiger partial charge in [-0.2, -0.15) is 0 Å². The van der Waals surface area contributed by atoms with E-state index in [1.54, 1.807) is 11.3 Å². The van der Waals surface area contributed by atoms with Crippen molar-refractivity contribution in [3.05, 3.63) is 22.4 Å². The maximum atomic E-state index is 12.1. The van der Waals surface area contributed by atoms with Gasteiger partial charge in [-0.05, 0) is 24.8 Å². The molecule has 0 radical (unpaired) electrons. The Morgan fingerprint density at radius 2 is 2.25 bits per heavy atom. The van der Waals surface area contributed by atoms with Crippen LogP contribution >= 0.6 is 22.7 Å². The molecule has 1 amide bonds. The lowest BCUT2D eigenvalue weighted by Crippen LogP contribution is -2.33. The van der Waals surface area contributed by atoms with Crippen molar-refractivity contribution in [2.24, 2.45) is 0 Å². The predicted molar refractivity (Wildman–Crippen MR) is 96.1 cm³/mol. The summed E-state index contributed by atoms with van der Waals surface area (Å²) in [6.45, 7) is 3.67. The molecule has 1 fully saturated rings. The molecule has 3 heterocycles. The maximum Gasteiger partial charge on any atom is 0.220 e. The second kappa shape index (κ2) is 7.60. The van der Waals surface area contributed by atoms with Crippen LogP contribution in [0.3, 0.4) is 0 Å². The van der Waals surface area contributed by atoms with E-state index in [1.807, 2.05) is 24.4 Å². The van der Waals surface area contributed by atoms with E-state index in [2.05, 4.69) is 10.3 Å². The minimum absolute atomic E-state index is 0.0145. The minimum Gasteiger partial charge on any atom is -0.375 e. The lowest BCUT2D eigenvalue weighted by molar-refractivity contribution is -0.146. The van der Waals surface area contributed by atoms with Crippen LogP contribution in [0.15, 0.2) is 17.5 Å². The Morgan fingerprint density at radius 1 is 1.46 bits per heavy atom. The van der Waals surface area contributed by atoms with E-state index < -0.39 is 5.79 Å². The fraction of sp³-hybridized carbons (Fsp3) is 0.500. The molecule has 0 aromatic carbocycles. The van der Waals surface area contributed by atoms with Crippen molar-refractivity contribution in [3.8, 4) is 10.6 Å². The molecular weight excluding hydrogens is 346 g/mol. The number of nitrogens with two attached hydrogens (primary N) is 1. The normalized spacial score (nSPS) is 16.4. The molecule has 1 saturated heterocycles. The summed E-state index contributed by atoms with van der Waals surface area (Å²) < 4.78 is 11.0. The summed E-state index contributed by atoms with van der Waals surface area (Å²) in [5.74, 6) is -0.549. The zero-order chi connectivity index (χ0) is 17.0. The number of carbonyl (C=O) groups excluding carboxylic acids is 1. The summed E-state index contributed by atoms with van der Waals surface area (Å²) in [5.41, 5.74) is 6.74. The Labute approximate surface area is 149 Å². The standard InChI is InChI=1S/C16H21N3O3S2/c1-16(21-8-9-22-16)6-7-18-13(20)5-4-12-14(19-15(17)24-12)11-3-2-10-23-11/h2-3,10H,4-9H2,1H3,(H2,17,19)(H,18,20). The van der Waals surface area contributed by atoms with Gasteiger partial charge in [0.1, 0.15) is 0 Å². The predicted octanol–water partition coefficient (Wildman–Crippen LogP) is 2.66. The SMILES string of the molecule is CC1(CCNC(=O)CCc2sc(N)nc2-c2cccs2)OCCO1. The quantitative estimate of drug-likeness (QED) is 0.786. The molecule has 24 heavy (non-hydrogen) atoms. The number of nitrogens with zero attached hydrogens (tertiary/aromatic N) is 1. The van der Waals surface area contributed by atoms with Gasteiger partial charge in [-0.25, -0.2) is 4.98 Å². The summed E-state index contributed by atoms with van der Waals surface area (Å²) in [7, 11) is 0. The highest BCUT2D eigenvalue weighted by molar-refractivity contribution is 7.17. The average molecular weight is 367 g/mol. The first-order valence-electron chi connectivity index (χ1n) is 7.89. The summed E-state index contributed by atoms with van der Waals surface area (Å²) in [4.78, 5) is 18.6. The van der Waals surface area contributed by atoms with Crippen molar-refractivity contribution in [1.29, 1.82) is 0 Å². The Kier molecular flexibility index (Phi) is 5.50. The second-order valence-corrected chi connectivity index (χ2v) is 7.79. The number of anilines is 1. The number of nitrogens with one attached hydrogen (secondary N) is 1. The molecule has 1 aliphatic rings. The van der Waals surface area contributed by atoms with E-state index in [9.17, 15) is 4.79 Å². The fourth-order valence-corrected chi connectivity index (χ4v) is 4.24. The number of rotatable bonds is 7. The van der Waals surface area contributed by atoms with Crippen LogP contribution in [0, 0.1) is 0 Å². The van der Waals surface area contributed by atoms with Gasteiger partial charge in [0.15, 0.2) is 10.9 Å². The molecular formula is C16H21N3O3S2. The average Bonchev–Trinajstić information content (AvgIpc) is 3.26. The van der Waals surface area contributed by atoms with Crippen molar-refractivity contribution in [2.75, 3.05) is 25.5 Å². The van der Waals surface area contributed by atoms with E-state index >= 15 is 0 Å². The summed E-state index contributed by atoms with van der Waals surface area (Å²) >= 11 is 3.08. The lowest BCUT2D eigenvalue weighted by atomic mass is 10.2. The Morgan fingerprint density at radius 3 is 2.96 bits per heavy atom. The number of ether oxygens (including phenoxy) is 2. The number of hydrogen-bond acceptors (Lipinski definition) is 7. The van der Waals surface area contributed by atoms with Crippen LogP contribution in [0.5, 0.6) is 0 Å². The fourth-order valence-electron chi connectivity index (χ4n) is 2.59. The van der Waals surface area contributed by atoms with Crippen molar-refractivity contribution >= 4 is 33.7 Å². The maximum absolute atomic E-state index is 12.1. The van der Waals surface area contributed by atoms with Crippen LogP contribution in [0.2, 0.25) is 0 Å². The number of thiophene rings is 1. The van der Waals surface area contributed by atoms with Crippen LogP contribution in [-0.4, -0.2) is 36.4 Å². The first kappa shape index (κ1) is 17.3. The van der Waals surface area contributed by atoms with Crippen LogP contribution in [0.25, 0.3) is 10.6 Å². The molecule has 130 valence electrons. The van der Waals surface area contributed by atoms with Crippen LogP contribution in [0.1, 0.15) is 24.6 Å². The van der Waals surface area contributed by atoms with Crippen LogP contribution in [-0.2, 0) is 20.7 Å². The molecule has 0 unspecified atom stereocenters. The zero-order valence-corrected chi connectivity index (χ0v) is 15.2. The smallest absolute Gasteiger partial charge is 0.220 e. The number of thiazole rings is 1. The minimum atomic E-state index is -0.564. The molecule has 2 aromatic rings. The van der Waals surface area contributed by atoms with Crippen LogP contribution in [0.4, 0.5) is 5.13 Å². The Hall–Kier alpha value is -1.48. The van der Waals surface area contributed by atoms with E-state index in [4.69, 9.17) is 15.2 Å². The van der Waals surface area contributed by atoms with E-state index in [-0.39, 0.29) is 5.91 Å². The van der Waals surface area contributed by atoms with Gasteiger partial charge in [0, 0.05) is 24.3 Å². The Bertz CT molecular complexity index is 679. The molecule has 1 aliphatic heterocycles. The van der Waals surface area contributed by atoms with Gasteiger partial charge in [0.05, 0.1) is 23.8 Å². The molecule has 0 spiro atoms. The third kappa shape index (κ3) is 4.32. The third-order valence-corrected chi connectivity index (χ3v) is 5.67. The first-order chi connectivity index (χ1) is 11.6. The van der Waals surface area contributed by atoms with E-state index in [0.717, 1.165) is 15.4 Å². The van der Waals surface area contributed by atoms with E-state index in [0.29, 0.717) is 44.2 Å². The molecule has 0 aliphatic carbocycles. The number of carbonyl (C=O) groups is 1. The largest absolute Gasteiger partial charge is 0.375 e. The monoisotopic (exact) mass is 367 g/mol. The van der Waals surface area contributed by atoms with Crippen molar-refractivity contribution in [2.45, 2.75) is 32.0 Å². The number of hydrogen-bond donors (Lipinski definition) is 2. The highest BCUT2D eigenvalue weighted by Crippen LogP contribution is 2.33. The number of aromatic nitrogens is 1. The second-order valence-electron chi connectivity index (χ2n) is 5.73. The zero-order valence-electron chi connectivity index (χ0n) is 13.5. The van der Waals surface area contributed by atoms with Crippen molar-refractivity contribution < 1.29 is 14.3 Å². The molecule has 3 rings (SSSR count). The summed E-state index contributed by atoms with van der Waals surface area (Å²) in [5, 5.41) is 5.47. The molecule has 6 nitrogen and oxygen atoms in total. The number of aryl methyl sites for hydroxylation is 1. The topological polar surface area (TPSA) is 86.5 Å². The molecule has 2 aromatic heterocycles. The van der Waals surface area contributed by atoms with Crippen molar-refractivity contribution in [3.63, 3.8) is 0 Å². The Balaban J connectivity index is 1.48. The van der Waals surface area contributed by atoms with Gasteiger partial charge in [0.2, 0.25) is 5.91 Å². The summed E-state index contributed by atoms with van der Waals surface area (Å²) in [6.07, 6.45) is 1.70. The van der Waals surface area contributed by atoms with Gasteiger partial charge < -0.3 is 20.5 Å². The molecule has 0 bridgehead atoms. The lowest BCUT2D eigenvalue weighted by Gasteiger charge is -2.22. The van der Waals surface area contributed by atoms with Crippen molar-refractivity contribution in [1.82, 2.24) is 10.3 Å². The molecule has 8 heteroatoms. The number of amides is 1. The van der Waals surface area contributed by atoms with Crippen LogP contribution < -0.4 is 11.1 Å². The highest BCUT2D eigenvalue weighted by atomic mass is 32.1.